The zero-order valence-corrected chi connectivity index (χ0v) is 17.3. The average Bonchev–Trinajstić information content (AvgIpc) is 3.57. The highest BCUT2D eigenvalue weighted by atomic mass is 35.5. The van der Waals surface area contributed by atoms with Crippen molar-refractivity contribution in [2.45, 2.75) is 19.8 Å². The van der Waals surface area contributed by atoms with Gasteiger partial charge in [-0.05, 0) is 55.2 Å². The first-order chi connectivity index (χ1) is 14.5. The van der Waals surface area contributed by atoms with E-state index in [0.717, 1.165) is 18.4 Å². The molecule has 2 aromatic heterocycles. The second-order valence-electron chi connectivity index (χ2n) is 7.34. The zero-order chi connectivity index (χ0) is 21.1. The lowest BCUT2D eigenvalue weighted by Crippen LogP contribution is -2.30. The summed E-state index contributed by atoms with van der Waals surface area (Å²) in [5.41, 5.74) is 2.65. The third kappa shape index (κ3) is 4.66. The van der Waals surface area contributed by atoms with E-state index in [4.69, 9.17) is 11.6 Å². The van der Waals surface area contributed by atoms with Crippen LogP contribution in [0.2, 0.25) is 5.02 Å². The van der Waals surface area contributed by atoms with Gasteiger partial charge in [-0.3, -0.25) is 14.6 Å². The first kappa shape index (κ1) is 20.0. The number of amides is 2. The van der Waals surface area contributed by atoms with E-state index >= 15 is 0 Å². The van der Waals surface area contributed by atoms with E-state index in [-0.39, 0.29) is 11.8 Å². The first-order valence-corrected chi connectivity index (χ1v) is 10.2. The number of hydrogen-bond acceptors (Lipinski definition) is 4. The number of carbonyl (C=O) groups is 2. The van der Waals surface area contributed by atoms with Crippen molar-refractivity contribution in [3.8, 4) is 11.3 Å². The maximum atomic E-state index is 12.3. The van der Waals surface area contributed by atoms with Crippen molar-refractivity contribution in [3.05, 3.63) is 71.5 Å². The Hall–Kier alpha value is -3.25. The topological polar surface area (TPSA) is 75.2 Å². The monoisotopic (exact) mass is 420 g/mol. The van der Waals surface area contributed by atoms with E-state index in [1.165, 1.54) is 6.20 Å². The largest absolute Gasteiger partial charge is 0.311 e. The van der Waals surface area contributed by atoms with E-state index in [9.17, 15) is 9.59 Å². The van der Waals surface area contributed by atoms with Gasteiger partial charge in [-0.1, -0.05) is 23.7 Å². The third-order valence-corrected chi connectivity index (χ3v) is 5.29. The SMILES string of the molecule is CC(=O)N(CC1CC1)c1ccc(-c2ccc(C(=O)Nc3ccccn3)cn2)cc1Cl. The molecule has 1 aliphatic carbocycles. The van der Waals surface area contributed by atoms with Gasteiger partial charge >= 0.3 is 0 Å². The molecule has 152 valence electrons. The van der Waals surface area contributed by atoms with Gasteiger partial charge in [0, 0.05) is 31.4 Å². The van der Waals surface area contributed by atoms with E-state index in [1.807, 2.05) is 12.1 Å². The van der Waals surface area contributed by atoms with Crippen LogP contribution in [-0.4, -0.2) is 28.3 Å². The molecule has 1 aromatic carbocycles. The summed E-state index contributed by atoms with van der Waals surface area (Å²) in [4.78, 5) is 34.6. The van der Waals surface area contributed by atoms with Crippen LogP contribution in [0, 0.1) is 5.92 Å². The van der Waals surface area contributed by atoms with Crippen LogP contribution < -0.4 is 10.2 Å². The lowest BCUT2D eigenvalue weighted by Gasteiger charge is -2.22. The molecule has 4 rings (SSSR count). The number of benzene rings is 1. The van der Waals surface area contributed by atoms with Gasteiger partial charge in [0.05, 0.1) is 22.0 Å². The molecule has 1 aliphatic rings. The van der Waals surface area contributed by atoms with Crippen molar-refractivity contribution in [2.24, 2.45) is 5.92 Å². The van der Waals surface area contributed by atoms with Crippen molar-refractivity contribution in [1.82, 2.24) is 9.97 Å². The number of halogens is 1. The molecule has 2 heterocycles. The van der Waals surface area contributed by atoms with Crippen LogP contribution >= 0.6 is 11.6 Å². The second kappa shape index (κ2) is 8.63. The second-order valence-corrected chi connectivity index (χ2v) is 7.75. The quantitative estimate of drug-likeness (QED) is 0.620. The lowest BCUT2D eigenvalue weighted by atomic mass is 10.1. The van der Waals surface area contributed by atoms with Crippen molar-refractivity contribution in [1.29, 1.82) is 0 Å². The maximum Gasteiger partial charge on any atom is 0.258 e. The summed E-state index contributed by atoms with van der Waals surface area (Å²) >= 11 is 6.50. The summed E-state index contributed by atoms with van der Waals surface area (Å²) in [5.74, 6) is 0.752. The predicted molar refractivity (Wildman–Crippen MR) is 118 cm³/mol. The molecule has 0 unspecified atom stereocenters. The highest BCUT2D eigenvalue weighted by Gasteiger charge is 2.27. The minimum atomic E-state index is -0.279. The number of nitrogens with zero attached hydrogens (tertiary/aromatic N) is 3. The average molecular weight is 421 g/mol. The Labute approximate surface area is 179 Å². The molecule has 1 N–H and O–H groups in total. The van der Waals surface area contributed by atoms with E-state index < -0.39 is 0 Å². The number of hydrogen-bond donors (Lipinski definition) is 1. The Morgan fingerprint density at radius 2 is 1.97 bits per heavy atom. The summed E-state index contributed by atoms with van der Waals surface area (Å²) < 4.78 is 0. The number of pyridine rings is 2. The first-order valence-electron chi connectivity index (χ1n) is 9.78. The molecule has 0 atom stereocenters. The fourth-order valence-corrected chi connectivity index (χ4v) is 3.45. The van der Waals surface area contributed by atoms with Crippen molar-refractivity contribution in [3.63, 3.8) is 0 Å². The Balaban J connectivity index is 1.50. The number of rotatable bonds is 6. The highest BCUT2D eigenvalue weighted by molar-refractivity contribution is 6.34. The minimum Gasteiger partial charge on any atom is -0.311 e. The van der Waals surface area contributed by atoms with E-state index in [0.29, 0.717) is 40.2 Å². The molecule has 30 heavy (non-hydrogen) atoms. The van der Waals surface area contributed by atoms with Gasteiger partial charge in [0.25, 0.3) is 5.91 Å². The smallest absolute Gasteiger partial charge is 0.258 e. The number of carbonyl (C=O) groups excluding carboxylic acids is 2. The maximum absolute atomic E-state index is 12.3. The van der Waals surface area contributed by atoms with E-state index in [1.54, 1.807) is 54.4 Å². The fourth-order valence-electron chi connectivity index (χ4n) is 3.16. The molecule has 6 nitrogen and oxygen atoms in total. The molecule has 0 spiro atoms. The van der Waals surface area contributed by atoms with Gasteiger partial charge in [-0.15, -0.1) is 0 Å². The van der Waals surface area contributed by atoms with Gasteiger partial charge in [-0.2, -0.15) is 0 Å². The van der Waals surface area contributed by atoms with Crippen molar-refractivity contribution in [2.75, 3.05) is 16.8 Å². The van der Waals surface area contributed by atoms with Crippen LogP contribution in [0.1, 0.15) is 30.1 Å². The molecular weight excluding hydrogens is 400 g/mol. The molecule has 0 aliphatic heterocycles. The number of anilines is 2. The third-order valence-electron chi connectivity index (χ3n) is 4.98. The lowest BCUT2D eigenvalue weighted by molar-refractivity contribution is -0.116. The summed E-state index contributed by atoms with van der Waals surface area (Å²) in [5, 5.41) is 3.23. The Morgan fingerprint density at radius 1 is 1.13 bits per heavy atom. The summed E-state index contributed by atoms with van der Waals surface area (Å²) in [6, 6.07) is 14.3. The van der Waals surface area contributed by atoms with Gasteiger partial charge in [0.2, 0.25) is 5.91 Å². The zero-order valence-electron chi connectivity index (χ0n) is 16.5. The fraction of sp³-hybridized carbons (Fsp3) is 0.217. The van der Waals surface area contributed by atoms with Crippen molar-refractivity contribution < 1.29 is 9.59 Å². The molecule has 0 radical (unpaired) electrons. The molecule has 7 heteroatoms. The number of aromatic nitrogens is 2. The normalized spacial score (nSPS) is 13.0. The molecule has 2 amide bonds. The van der Waals surface area contributed by atoms with Crippen LogP contribution in [0.3, 0.4) is 0 Å². The summed E-state index contributed by atoms with van der Waals surface area (Å²) in [6.45, 7) is 2.26. The van der Waals surface area contributed by atoms with Gasteiger partial charge in [0.15, 0.2) is 0 Å². The highest BCUT2D eigenvalue weighted by Crippen LogP contribution is 2.35. The molecule has 3 aromatic rings. The van der Waals surface area contributed by atoms with Gasteiger partial charge in [-0.25, -0.2) is 4.98 Å². The Morgan fingerprint density at radius 3 is 2.57 bits per heavy atom. The summed E-state index contributed by atoms with van der Waals surface area (Å²) in [7, 11) is 0. The minimum absolute atomic E-state index is 0.0158. The van der Waals surface area contributed by atoms with Crippen LogP contribution in [0.15, 0.2) is 60.9 Å². The standard InChI is InChI=1S/C23H21ClN4O2/c1-15(29)28(14-16-5-6-16)21-10-8-17(12-19(21)24)20-9-7-18(13-26-20)23(30)27-22-4-2-3-11-25-22/h2-4,7-13,16H,5-6,14H2,1H3,(H,25,27,30). The van der Waals surface area contributed by atoms with Crippen LogP contribution in [-0.2, 0) is 4.79 Å². The molecule has 0 saturated heterocycles. The Bertz CT molecular complexity index is 1070. The van der Waals surface area contributed by atoms with Gasteiger partial charge < -0.3 is 10.2 Å². The van der Waals surface area contributed by atoms with Crippen LogP contribution in [0.4, 0.5) is 11.5 Å². The summed E-state index contributed by atoms with van der Waals surface area (Å²) in [6.07, 6.45) is 5.44. The molecule has 0 bridgehead atoms. The van der Waals surface area contributed by atoms with Crippen molar-refractivity contribution >= 4 is 34.9 Å². The molecule has 1 fully saturated rings. The molecule has 1 saturated carbocycles. The Kier molecular flexibility index (Phi) is 5.77. The van der Waals surface area contributed by atoms with Crippen LogP contribution in [0.25, 0.3) is 11.3 Å². The molecular formula is C23H21ClN4O2. The predicted octanol–water partition coefficient (Wildman–Crippen LogP) is 4.81. The number of nitrogens with one attached hydrogen (secondary N) is 1. The van der Waals surface area contributed by atoms with Gasteiger partial charge in [0.1, 0.15) is 5.82 Å². The van der Waals surface area contributed by atoms with Crippen LogP contribution in [0.5, 0.6) is 0 Å². The van der Waals surface area contributed by atoms with E-state index in [2.05, 4.69) is 15.3 Å².